The van der Waals surface area contributed by atoms with Crippen molar-refractivity contribution >= 4 is 53.5 Å². The van der Waals surface area contributed by atoms with E-state index in [4.69, 9.17) is 56.8 Å². The van der Waals surface area contributed by atoms with Gasteiger partial charge in [-0.05, 0) is 110 Å². The maximum Gasteiger partial charge on any atom is 0.339 e. The van der Waals surface area contributed by atoms with E-state index in [0.717, 1.165) is 80.1 Å². The van der Waals surface area contributed by atoms with Gasteiger partial charge in [-0.1, -0.05) is 47.1 Å². The molecule has 6 fully saturated rings. The Kier molecular flexibility index (Phi) is 16.5. The minimum atomic E-state index is -2.00. The molecule has 21 heteroatoms. The molecule has 7 rings (SSSR count). The van der Waals surface area contributed by atoms with Crippen molar-refractivity contribution in [2.45, 2.75) is 208 Å². The van der Waals surface area contributed by atoms with Gasteiger partial charge >= 0.3 is 47.8 Å². The van der Waals surface area contributed by atoms with Gasteiger partial charge in [0.15, 0.2) is 60.9 Å². The zero-order valence-electron chi connectivity index (χ0n) is 46.6. The van der Waals surface area contributed by atoms with Crippen LogP contribution in [0.4, 0.5) is 0 Å². The Bertz CT molecular complexity index is 2380. The quantitative estimate of drug-likeness (QED) is 0.135. The number of carbonyl (C=O) groups is 9. The number of ketones is 1. The highest BCUT2D eigenvalue weighted by Crippen LogP contribution is 2.75. The van der Waals surface area contributed by atoms with Crippen LogP contribution in [0.25, 0.3) is 0 Å². The molecule has 0 N–H and O–H groups in total. The Morgan fingerprint density at radius 2 is 1.01 bits per heavy atom. The summed E-state index contributed by atoms with van der Waals surface area (Å²) in [6.07, 6.45) is -10.7. The SMILES string of the molecule is COC(=O)[C@H]1O[C@@H](O[C@H]2[C@H](O[C@H]3CC[C@]4(C)[C@H]5C(=O)C=C6[C@@H]7C[C@@](C)(C(=O)OC)CC[C@]7(C)CC[C@@]6(C)[C@]5(C)CC[C@H]4C3(C)C)O[C@H](C(=O)OC)[C@@H](OC(C)=O)[C@@H]2OC(C)=O)[C@H](OC(C)=O)[C@@H](OC(C)=O)[C@@H]1OC(C)=O. The lowest BCUT2D eigenvalue weighted by atomic mass is 9.33. The first-order valence-electron chi connectivity index (χ1n) is 26.3. The van der Waals surface area contributed by atoms with Gasteiger partial charge in [-0.25, -0.2) is 9.59 Å². The number of fused-ring (bicyclic) bond motifs is 7. The average molecular weight is 1080 g/mol. The molecule has 4 saturated carbocycles. The molecule has 0 aromatic heterocycles. The van der Waals surface area contributed by atoms with Crippen LogP contribution >= 0.6 is 0 Å². The van der Waals surface area contributed by atoms with Crippen molar-refractivity contribution in [1.29, 1.82) is 0 Å². The van der Waals surface area contributed by atoms with Gasteiger partial charge in [0.25, 0.3) is 0 Å². The average Bonchev–Trinajstić information content (AvgIpc) is 3.36. The fourth-order valence-corrected chi connectivity index (χ4v) is 15.4. The zero-order chi connectivity index (χ0) is 56.4. The van der Waals surface area contributed by atoms with E-state index in [1.165, 1.54) is 7.11 Å². The standard InChI is InChI=1S/C55H78O21/c1-26(56)68-36-38(70-28(3)58)42(72-30(5)60)48(75-41(36)46(63)66-14)76-43-39(71-29(4)59)37(69-27(2)57)40(45(62)65-13)74-47(43)73-35-17-18-53(10)34(50(35,6)7)16-19-55(12)44(53)33(61)24-31-32-25-52(9,49(64)67-15)21-20-51(32,8)22-23-54(31,55)11/h24,32,34-44,47-48H,16-23,25H2,1-15H3/t32-,34-,35-,36-,37-,38-,39-,40-,41-,42+,43+,44+,47+,48-,51+,52-,53-,54+,55+/m0/s1. The lowest BCUT2D eigenvalue weighted by Crippen LogP contribution is -2.69. The molecule has 0 bridgehead atoms. The number of ether oxygens (including phenoxy) is 12. The Labute approximate surface area is 444 Å². The summed E-state index contributed by atoms with van der Waals surface area (Å²) in [5, 5.41) is 0. The first kappa shape index (κ1) is 58.7. The van der Waals surface area contributed by atoms with E-state index in [9.17, 15) is 38.4 Å². The van der Waals surface area contributed by atoms with E-state index in [1.807, 2.05) is 26.8 Å². The highest BCUT2D eigenvalue weighted by Gasteiger charge is 2.71. The minimum absolute atomic E-state index is 0.0187. The summed E-state index contributed by atoms with van der Waals surface area (Å²) < 4.78 is 69.8. The van der Waals surface area contributed by atoms with Crippen LogP contribution in [0.15, 0.2) is 11.6 Å². The molecule has 76 heavy (non-hydrogen) atoms. The number of rotatable bonds is 12. The van der Waals surface area contributed by atoms with E-state index in [1.54, 1.807) is 0 Å². The highest BCUT2D eigenvalue weighted by molar-refractivity contribution is 5.96. The maximum absolute atomic E-state index is 15.3. The Morgan fingerprint density at radius 3 is 1.51 bits per heavy atom. The molecule has 0 spiro atoms. The van der Waals surface area contributed by atoms with Gasteiger partial charge in [0.2, 0.25) is 6.29 Å². The number of allylic oxidation sites excluding steroid dienone is 2. The van der Waals surface area contributed by atoms with Crippen molar-refractivity contribution in [3.63, 3.8) is 0 Å². The van der Waals surface area contributed by atoms with Crippen LogP contribution in [-0.2, 0) is 100.0 Å². The van der Waals surface area contributed by atoms with E-state index in [0.29, 0.717) is 32.1 Å². The van der Waals surface area contributed by atoms with E-state index in [-0.39, 0.29) is 40.3 Å². The van der Waals surface area contributed by atoms with E-state index >= 15 is 4.79 Å². The second-order valence-corrected chi connectivity index (χ2v) is 24.1. The van der Waals surface area contributed by atoms with Crippen LogP contribution in [0.5, 0.6) is 0 Å². The maximum atomic E-state index is 15.3. The molecule has 0 aromatic carbocycles. The van der Waals surface area contributed by atoms with Gasteiger partial charge in [0.1, 0.15) is 0 Å². The molecule has 5 aliphatic carbocycles. The number of esters is 8. The molecule has 2 aliphatic heterocycles. The number of hydrogen-bond acceptors (Lipinski definition) is 21. The second-order valence-electron chi connectivity index (χ2n) is 24.1. The largest absolute Gasteiger partial charge is 0.469 e. The summed E-state index contributed by atoms with van der Waals surface area (Å²) in [7, 11) is 3.52. The van der Waals surface area contributed by atoms with Gasteiger partial charge < -0.3 is 56.8 Å². The van der Waals surface area contributed by atoms with Gasteiger partial charge in [-0.2, -0.15) is 0 Å². The molecule has 19 atom stereocenters. The van der Waals surface area contributed by atoms with Crippen LogP contribution in [0.3, 0.4) is 0 Å². The van der Waals surface area contributed by atoms with Gasteiger partial charge in [0, 0.05) is 40.5 Å². The topological polar surface area (TPSA) is 264 Å². The van der Waals surface area contributed by atoms with Crippen molar-refractivity contribution in [2.24, 2.45) is 50.2 Å². The summed E-state index contributed by atoms with van der Waals surface area (Å²) in [6, 6.07) is 0. The Hall–Kier alpha value is -4.99. The Balaban J connectivity index is 1.28. The lowest BCUT2D eigenvalue weighted by Gasteiger charge is -2.70. The summed E-state index contributed by atoms with van der Waals surface area (Å²) in [4.78, 5) is 120. The van der Waals surface area contributed by atoms with Crippen LogP contribution in [0.2, 0.25) is 0 Å². The van der Waals surface area contributed by atoms with Crippen molar-refractivity contribution in [3.8, 4) is 0 Å². The third kappa shape index (κ3) is 10.2. The normalized spacial score (nSPS) is 42.3. The van der Waals surface area contributed by atoms with Crippen molar-refractivity contribution in [2.75, 3.05) is 21.3 Å². The monoisotopic (exact) mass is 1070 g/mol. The fraction of sp³-hybridized carbons (Fsp3) is 0.800. The molecule has 0 radical (unpaired) electrons. The summed E-state index contributed by atoms with van der Waals surface area (Å²) >= 11 is 0. The third-order valence-corrected chi connectivity index (χ3v) is 19.1. The molecule has 2 heterocycles. The first-order valence-corrected chi connectivity index (χ1v) is 26.3. The highest BCUT2D eigenvalue weighted by atomic mass is 16.8. The predicted molar refractivity (Wildman–Crippen MR) is 260 cm³/mol. The summed E-state index contributed by atoms with van der Waals surface area (Å²) in [5.41, 5.74) is -1.75. The molecule has 7 aliphatic rings. The van der Waals surface area contributed by atoms with Gasteiger partial charge in [0.05, 0.1) is 32.8 Å². The van der Waals surface area contributed by atoms with E-state index in [2.05, 4.69) is 27.7 Å². The van der Waals surface area contributed by atoms with Crippen LogP contribution in [-0.4, -0.2) is 142 Å². The lowest BCUT2D eigenvalue weighted by molar-refractivity contribution is -0.372. The summed E-state index contributed by atoms with van der Waals surface area (Å²) in [5.74, 6) is -7.58. The van der Waals surface area contributed by atoms with Crippen molar-refractivity contribution in [3.05, 3.63) is 11.6 Å². The summed E-state index contributed by atoms with van der Waals surface area (Å²) in [6.45, 7) is 20.4. The molecular formula is C55H78O21. The zero-order valence-corrected chi connectivity index (χ0v) is 46.6. The fourth-order valence-electron chi connectivity index (χ4n) is 15.4. The van der Waals surface area contributed by atoms with Gasteiger partial charge in [-0.3, -0.25) is 33.6 Å². The number of hydrogen-bond donors (Lipinski definition) is 0. The smallest absolute Gasteiger partial charge is 0.339 e. The van der Waals surface area contributed by atoms with E-state index < -0.39 is 131 Å². The molecular weight excluding hydrogens is 997 g/mol. The minimum Gasteiger partial charge on any atom is -0.469 e. The van der Waals surface area contributed by atoms with Crippen LogP contribution in [0, 0.1) is 50.2 Å². The molecule has 0 amide bonds. The van der Waals surface area contributed by atoms with Crippen LogP contribution in [0.1, 0.15) is 141 Å². The third-order valence-electron chi connectivity index (χ3n) is 19.1. The van der Waals surface area contributed by atoms with Crippen molar-refractivity contribution in [1.82, 2.24) is 0 Å². The van der Waals surface area contributed by atoms with Crippen molar-refractivity contribution < 1.29 is 100.0 Å². The Morgan fingerprint density at radius 1 is 0.539 bits per heavy atom. The van der Waals surface area contributed by atoms with Gasteiger partial charge in [-0.15, -0.1) is 0 Å². The second kappa shape index (κ2) is 21.3. The molecule has 0 unspecified atom stereocenters. The van der Waals surface area contributed by atoms with Crippen LogP contribution < -0.4 is 0 Å². The number of carbonyl (C=O) groups excluding carboxylic acids is 9. The predicted octanol–water partition coefficient (Wildman–Crippen LogP) is 5.36. The number of methoxy groups -OCH3 is 3. The molecule has 0 aromatic rings. The molecule has 2 saturated heterocycles. The molecule has 424 valence electrons. The first-order chi connectivity index (χ1) is 35.4. The molecule has 21 nitrogen and oxygen atoms in total.